The third-order valence-electron chi connectivity index (χ3n) is 5.99. The molecule has 33 heavy (non-hydrogen) atoms. The third-order valence-corrected chi connectivity index (χ3v) is 5.99. The molecule has 0 aliphatic heterocycles. The number of aryl methyl sites for hydroxylation is 1. The zero-order chi connectivity index (χ0) is 24.4. The first-order valence-corrected chi connectivity index (χ1v) is 12.2. The minimum Gasteiger partial charge on any atom is -0.410 e. The average Bonchev–Trinajstić information content (AvgIpc) is 2.74. The van der Waals surface area contributed by atoms with Gasteiger partial charge in [0, 0.05) is 24.6 Å². The van der Waals surface area contributed by atoms with Gasteiger partial charge in [-0.05, 0) is 77.0 Å². The van der Waals surface area contributed by atoms with Crippen molar-refractivity contribution in [1.82, 2.24) is 10.6 Å². The van der Waals surface area contributed by atoms with E-state index in [-0.39, 0.29) is 11.8 Å². The second-order valence-electron chi connectivity index (χ2n) is 8.83. The number of hydrogen-bond acceptors (Lipinski definition) is 4. The lowest BCUT2D eigenvalue weighted by Gasteiger charge is -2.32. The average molecular weight is 457 g/mol. The molecule has 182 valence electrons. The van der Waals surface area contributed by atoms with E-state index in [0.29, 0.717) is 24.6 Å². The molecule has 0 unspecified atom stereocenters. The maximum atomic E-state index is 12.4. The van der Waals surface area contributed by atoms with Gasteiger partial charge in [0.25, 0.3) is 0 Å². The lowest BCUT2D eigenvalue weighted by molar-refractivity contribution is 0.197. The fraction of sp³-hybridized carbons (Fsp3) is 0.556. The Balaban J connectivity index is 2.66. The predicted octanol–water partition coefficient (Wildman–Crippen LogP) is 6.65. The topological polar surface area (TPSA) is 76.7 Å². The van der Waals surface area contributed by atoms with Crippen molar-refractivity contribution < 1.29 is 19.1 Å². The number of hydrogen-bond donors (Lipinski definition) is 2. The molecule has 0 saturated heterocycles. The minimum absolute atomic E-state index is 0.102. The zero-order valence-corrected chi connectivity index (χ0v) is 20.9. The largest absolute Gasteiger partial charge is 0.412 e. The van der Waals surface area contributed by atoms with Crippen LogP contribution in [0, 0.1) is 5.92 Å². The summed E-state index contributed by atoms with van der Waals surface area (Å²) in [5, 5.41) is 5.41. The molecular weight excluding hydrogens is 416 g/mol. The molecule has 0 fully saturated rings. The first-order chi connectivity index (χ1) is 15.8. The molecule has 0 heterocycles. The summed E-state index contributed by atoms with van der Waals surface area (Å²) >= 11 is 0. The van der Waals surface area contributed by atoms with Crippen molar-refractivity contribution in [2.24, 2.45) is 5.92 Å². The first kappa shape index (κ1) is 26.5. The van der Waals surface area contributed by atoms with E-state index in [1.165, 1.54) is 5.57 Å². The first-order valence-electron chi connectivity index (χ1n) is 12.2. The fourth-order valence-electron chi connectivity index (χ4n) is 4.34. The quantitative estimate of drug-likeness (QED) is 0.305. The van der Waals surface area contributed by atoms with Gasteiger partial charge in [0.2, 0.25) is 0 Å². The van der Waals surface area contributed by atoms with Crippen molar-refractivity contribution in [2.45, 2.75) is 79.1 Å². The van der Waals surface area contributed by atoms with Crippen LogP contribution in [0.3, 0.4) is 0 Å². The van der Waals surface area contributed by atoms with Crippen LogP contribution in [0.1, 0.15) is 83.8 Å². The second-order valence-corrected chi connectivity index (χ2v) is 8.83. The number of amides is 2. The van der Waals surface area contributed by atoms with Gasteiger partial charge in [0.15, 0.2) is 0 Å². The van der Waals surface area contributed by atoms with E-state index >= 15 is 0 Å². The Morgan fingerprint density at radius 3 is 2.09 bits per heavy atom. The fourth-order valence-corrected chi connectivity index (χ4v) is 4.34. The maximum absolute atomic E-state index is 12.4. The van der Waals surface area contributed by atoms with Crippen LogP contribution in [0.15, 0.2) is 35.9 Å². The summed E-state index contributed by atoms with van der Waals surface area (Å²) < 4.78 is 11.6. The minimum atomic E-state index is -0.517. The van der Waals surface area contributed by atoms with E-state index in [1.807, 2.05) is 32.9 Å². The Hall–Kier alpha value is -2.76. The van der Waals surface area contributed by atoms with E-state index in [1.54, 1.807) is 0 Å². The van der Waals surface area contributed by atoms with Crippen LogP contribution in [-0.2, 0) is 6.42 Å². The van der Waals surface area contributed by atoms with Crippen molar-refractivity contribution in [1.29, 1.82) is 0 Å². The molecule has 0 bridgehead atoms. The molecule has 6 nitrogen and oxygen atoms in total. The van der Waals surface area contributed by atoms with Crippen LogP contribution < -0.4 is 20.1 Å². The molecule has 2 rings (SSSR count). The van der Waals surface area contributed by atoms with E-state index < -0.39 is 12.2 Å². The molecule has 2 atom stereocenters. The van der Waals surface area contributed by atoms with Crippen LogP contribution in [0.4, 0.5) is 9.59 Å². The highest BCUT2D eigenvalue weighted by atomic mass is 16.6. The standard InChI is InChI=1S/C27H40N2O4/c1-7-10-11-12-20-16-23(32-26(30)28-8-2)25(24(17-20)33-27(31)29-9-3)22-15-19(6)13-14-21(22)18(4)5/h15-17,21-22H,4,7-14H2,1-3,5-6H3,(H,28,30)(H,29,31)/t21-,22+/m0/s1. The van der Waals surface area contributed by atoms with Gasteiger partial charge >= 0.3 is 12.2 Å². The second kappa shape index (κ2) is 13.1. The summed E-state index contributed by atoms with van der Waals surface area (Å²) in [5.41, 5.74) is 4.02. The summed E-state index contributed by atoms with van der Waals surface area (Å²) in [4.78, 5) is 24.9. The van der Waals surface area contributed by atoms with E-state index in [0.717, 1.165) is 55.2 Å². The van der Waals surface area contributed by atoms with Gasteiger partial charge in [-0.1, -0.05) is 43.6 Å². The smallest absolute Gasteiger partial charge is 0.410 e. The molecule has 1 aromatic rings. The van der Waals surface area contributed by atoms with Crippen LogP contribution >= 0.6 is 0 Å². The number of nitrogens with one attached hydrogen (secondary N) is 2. The normalized spacial score (nSPS) is 17.7. The molecule has 0 spiro atoms. The number of rotatable bonds is 10. The van der Waals surface area contributed by atoms with Crippen LogP contribution in [0.2, 0.25) is 0 Å². The van der Waals surface area contributed by atoms with Crippen LogP contribution in [-0.4, -0.2) is 25.3 Å². The lowest BCUT2D eigenvalue weighted by Crippen LogP contribution is -2.29. The number of carbonyl (C=O) groups is 2. The van der Waals surface area contributed by atoms with Gasteiger partial charge in [-0.25, -0.2) is 9.59 Å². The number of allylic oxidation sites excluding steroid dienone is 3. The van der Waals surface area contributed by atoms with Gasteiger partial charge in [0.1, 0.15) is 11.5 Å². The van der Waals surface area contributed by atoms with E-state index in [2.05, 4.69) is 37.1 Å². The molecule has 0 aromatic heterocycles. The highest BCUT2D eigenvalue weighted by molar-refractivity contribution is 5.74. The Kier molecular flexibility index (Phi) is 10.5. The molecule has 2 N–H and O–H groups in total. The van der Waals surface area contributed by atoms with Gasteiger partial charge in [-0.15, -0.1) is 0 Å². The molecule has 0 saturated carbocycles. The van der Waals surface area contributed by atoms with Crippen LogP contribution in [0.25, 0.3) is 0 Å². The van der Waals surface area contributed by atoms with Crippen molar-refractivity contribution in [2.75, 3.05) is 13.1 Å². The summed E-state index contributed by atoms with van der Waals surface area (Å²) in [5.74, 6) is 0.940. The third kappa shape index (κ3) is 7.65. The highest BCUT2D eigenvalue weighted by Gasteiger charge is 2.32. The van der Waals surface area contributed by atoms with Crippen molar-refractivity contribution in [3.05, 3.63) is 47.1 Å². The van der Waals surface area contributed by atoms with Gasteiger partial charge in [-0.2, -0.15) is 0 Å². The summed E-state index contributed by atoms with van der Waals surface area (Å²) in [7, 11) is 0. The molecule has 6 heteroatoms. The SMILES string of the molecule is C=C(C)[C@@H]1CCC(C)=C[C@H]1c1c(OC(=O)NCC)cc(CCCCC)cc1OC(=O)NCC. The summed E-state index contributed by atoms with van der Waals surface area (Å²) in [6, 6.07) is 3.86. The molecule has 2 amide bonds. The Morgan fingerprint density at radius 1 is 1.03 bits per heavy atom. The molecule has 1 aromatic carbocycles. The van der Waals surface area contributed by atoms with Crippen molar-refractivity contribution >= 4 is 12.2 Å². The van der Waals surface area contributed by atoms with Crippen LogP contribution in [0.5, 0.6) is 11.5 Å². The molecule has 0 radical (unpaired) electrons. The number of unbranched alkanes of at least 4 members (excludes halogenated alkanes) is 2. The molecule has 1 aliphatic rings. The summed E-state index contributed by atoms with van der Waals surface area (Å²) in [6.45, 7) is 15.1. The zero-order valence-electron chi connectivity index (χ0n) is 20.9. The van der Waals surface area contributed by atoms with Gasteiger partial charge in [-0.3, -0.25) is 0 Å². The Bertz CT molecular complexity index is 834. The molecular formula is C27H40N2O4. The number of carbonyl (C=O) groups excluding carboxylic acids is 2. The number of benzene rings is 1. The van der Waals surface area contributed by atoms with Gasteiger partial charge in [0.05, 0.1) is 0 Å². The maximum Gasteiger partial charge on any atom is 0.412 e. The van der Waals surface area contributed by atoms with E-state index in [9.17, 15) is 9.59 Å². The Labute approximate surface area is 198 Å². The highest BCUT2D eigenvalue weighted by Crippen LogP contribution is 2.47. The van der Waals surface area contributed by atoms with Gasteiger partial charge < -0.3 is 20.1 Å². The van der Waals surface area contributed by atoms with Crippen molar-refractivity contribution in [3.8, 4) is 11.5 Å². The lowest BCUT2D eigenvalue weighted by atomic mass is 9.73. The van der Waals surface area contributed by atoms with E-state index in [4.69, 9.17) is 9.47 Å². The summed E-state index contributed by atoms with van der Waals surface area (Å²) in [6.07, 6.45) is 7.13. The predicted molar refractivity (Wildman–Crippen MR) is 133 cm³/mol. The Morgan fingerprint density at radius 2 is 1.61 bits per heavy atom. The molecule has 1 aliphatic carbocycles. The monoisotopic (exact) mass is 456 g/mol. The van der Waals surface area contributed by atoms with Crippen molar-refractivity contribution in [3.63, 3.8) is 0 Å². The number of ether oxygens (including phenoxy) is 2.